The van der Waals surface area contributed by atoms with Gasteiger partial charge >= 0.3 is 0 Å². The maximum atomic E-state index is 12.6. The zero-order valence-electron chi connectivity index (χ0n) is 14.2. The maximum absolute atomic E-state index is 12.6. The summed E-state index contributed by atoms with van der Waals surface area (Å²) in [6, 6.07) is 13.2. The Hall–Kier alpha value is -3.86. The predicted molar refractivity (Wildman–Crippen MR) is 93.0 cm³/mol. The zero-order chi connectivity index (χ0) is 19.4. The molecular weight excluding hydrogens is 348 g/mol. The van der Waals surface area contributed by atoms with E-state index in [1.165, 1.54) is 0 Å². The number of allylic oxidation sites excluding steroid dienone is 1. The van der Waals surface area contributed by atoms with Gasteiger partial charge in [-0.3, -0.25) is 14.9 Å². The third-order valence-electron chi connectivity index (χ3n) is 4.17. The summed E-state index contributed by atoms with van der Waals surface area (Å²) >= 11 is 0. The highest BCUT2D eigenvalue weighted by Crippen LogP contribution is 2.37. The lowest BCUT2D eigenvalue weighted by atomic mass is 9.82. The van der Waals surface area contributed by atoms with E-state index < -0.39 is 29.7 Å². The van der Waals surface area contributed by atoms with Crippen LogP contribution in [-0.2, 0) is 9.59 Å². The first-order valence-electron chi connectivity index (χ1n) is 8.12. The molecule has 0 saturated heterocycles. The number of rotatable bonds is 5. The molecule has 0 aliphatic carbocycles. The number of nitriles is 1. The number of nitrogens with zero attached hydrogens (tertiary/aromatic N) is 2. The van der Waals surface area contributed by atoms with Crippen molar-refractivity contribution in [2.75, 3.05) is 6.61 Å². The number of benzene rings is 1. The Kier molecular flexibility index (Phi) is 5.04. The summed E-state index contributed by atoms with van der Waals surface area (Å²) in [6.45, 7) is -0.294. The van der Waals surface area contributed by atoms with Gasteiger partial charge in [-0.15, -0.1) is 0 Å². The highest BCUT2D eigenvalue weighted by atomic mass is 16.5. The minimum Gasteiger partial charge on any atom is -0.494 e. The average Bonchev–Trinajstić information content (AvgIpc) is 2.66. The van der Waals surface area contributed by atoms with Crippen molar-refractivity contribution in [3.63, 3.8) is 0 Å². The number of hydrogen-bond donors (Lipinski definition) is 3. The summed E-state index contributed by atoms with van der Waals surface area (Å²) < 4.78 is 6.99. The van der Waals surface area contributed by atoms with Gasteiger partial charge in [0, 0.05) is 12.1 Å². The SMILES string of the molecule is N#CC1=C(O)NC(=O)[C@H]([n+]2ccccc2)[C@H]1c1cccc(OCC(N)=O)c1. The van der Waals surface area contributed by atoms with Crippen LogP contribution in [0.15, 0.2) is 66.3 Å². The number of nitrogens with one attached hydrogen (secondary N) is 1. The largest absolute Gasteiger partial charge is 0.494 e. The summed E-state index contributed by atoms with van der Waals surface area (Å²) in [7, 11) is 0. The molecule has 0 spiro atoms. The van der Waals surface area contributed by atoms with E-state index in [-0.39, 0.29) is 12.2 Å². The molecule has 3 rings (SSSR count). The van der Waals surface area contributed by atoms with Crippen molar-refractivity contribution in [2.45, 2.75) is 12.0 Å². The molecule has 136 valence electrons. The van der Waals surface area contributed by atoms with Crippen molar-refractivity contribution in [1.29, 1.82) is 5.26 Å². The minimum atomic E-state index is -0.789. The van der Waals surface area contributed by atoms with Crippen LogP contribution in [0.25, 0.3) is 0 Å². The monoisotopic (exact) mass is 365 g/mol. The lowest BCUT2D eigenvalue weighted by molar-refractivity contribution is -0.711. The maximum Gasteiger partial charge on any atom is 0.296 e. The van der Waals surface area contributed by atoms with Crippen LogP contribution in [0, 0.1) is 11.3 Å². The van der Waals surface area contributed by atoms with E-state index in [9.17, 15) is 20.0 Å². The number of nitrogens with two attached hydrogens (primary N) is 1. The predicted octanol–water partition coefficient (Wildman–Crippen LogP) is 0.586. The fourth-order valence-electron chi connectivity index (χ4n) is 3.04. The van der Waals surface area contributed by atoms with Gasteiger partial charge in [-0.2, -0.15) is 9.83 Å². The number of aliphatic hydroxyl groups is 1. The molecule has 0 unspecified atom stereocenters. The van der Waals surface area contributed by atoms with E-state index >= 15 is 0 Å². The van der Waals surface area contributed by atoms with Crippen LogP contribution in [0.1, 0.15) is 17.5 Å². The number of carbonyl (C=O) groups is 2. The number of primary amides is 1. The highest BCUT2D eigenvalue weighted by Gasteiger charge is 2.45. The molecule has 27 heavy (non-hydrogen) atoms. The first kappa shape index (κ1) is 17.9. The highest BCUT2D eigenvalue weighted by molar-refractivity contribution is 5.84. The Morgan fingerprint density at radius 3 is 2.70 bits per heavy atom. The average molecular weight is 365 g/mol. The van der Waals surface area contributed by atoms with Gasteiger partial charge in [-0.1, -0.05) is 18.2 Å². The molecule has 4 N–H and O–H groups in total. The molecule has 0 fully saturated rings. The van der Waals surface area contributed by atoms with E-state index in [0.29, 0.717) is 11.3 Å². The number of amides is 2. The Morgan fingerprint density at radius 2 is 2.04 bits per heavy atom. The van der Waals surface area contributed by atoms with Crippen molar-refractivity contribution >= 4 is 11.8 Å². The lowest BCUT2D eigenvalue weighted by Gasteiger charge is -2.27. The van der Waals surface area contributed by atoms with E-state index in [2.05, 4.69) is 5.32 Å². The third-order valence-corrected chi connectivity index (χ3v) is 4.17. The van der Waals surface area contributed by atoms with Crippen molar-refractivity contribution < 1.29 is 24.0 Å². The Morgan fingerprint density at radius 1 is 1.30 bits per heavy atom. The van der Waals surface area contributed by atoms with Crippen LogP contribution in [0.5, 0.6) is 5.75 Å². The van der Waals surface area contributed by atoms with Crippen molar-refractivity contribution in [2.24, 2.45) is 5.73 Å². The molecule has 2 aromatic rings. The van der Waals surface area contributed by atoms with E-state index in [4.69, 9.17) is 10.5 Å². The quantitative estimate of drug-likeness (QED) is 0.668. The molecule has 0 bridgehead atoms. The number of hydrogen-bond acceptors (Lipinski definition) is 5. The third kappa shape index (κ3) is 3.72. The number of pyridine rings is 1. The van der Waals surface area contributed by atoms with Crippen molar-refractivity contribution in [3.05, 3.63) is 71.9 Å². The number of ether oxygens (including phenoxy) is 1. The lowest BCUT2D eigenvalue weighted by Crippen LogP contribution is -2.53. The van der Waals surface area contributed by atoms with Crippen LogP contribution in [0.3, 0.4) is 0 Å². The zero-order valence-corrected chi connectivity index (χ0v) is 14.2. The molecule has 2 atom stereocenters. The Labute approximate surface area is 155 Å². The number of aliphatic hydroxyl groups excluding tert-OH is 1. The van der Waals surface area contributed by atoms with Gasteiger partial charge in [0.15, 0.2) is 19.0 Å². The van der Waals surface area contributed by atoms with Gasteiger partial charge < -0.3 is 15.6 Å². The summed E-state index contributed by atoms with van der Waals surface area (Å²) in [5, 5.41) is 22.0. The van der Waals surface area contributed by atoms with Gasteiger partial charge in [-0.25, -0.2) is 0 Å². The van der Waals surface area contributed by atoms with Gasteiger partial charge in [0.25, 0.3) is 11.8 Å². The number of carbonyl (C=O) groups excluding carboxylic acids is 2. The van der Waals surface area contributed by atoms with Gasteiger partial charge in [0.05, 0.1) is 5.92 Å². The summed E-state index contributed by atoms with van der Waals surface area (Å²) in [5.41, 5.74) is 5.71. The minimum absolute atomic E-state index is 0.0306. The van der Waals surface area contributed by atoms with Gasteiger partial charge in [0.2, 0.25) is 11.9 Å². The second-order valence-electron chi connectivity index (χ2n) is 5.94. The number of aromatic nitrogens is 1. The summed E-state index contributed by atoms with van der Waals surface area (Å²) in [6.07, 6.45) is 3.42. The normalized spacial score (nSPS) is 19.1. The van der Waals surface area contributed by atoms with Crippen LogP contribution in [0.4, 0.5) is 0 Å². The van der Waals surface area contributed by atoms with E-state index in [0.717, 1.165) is 0 Å². The molecule has 0 radical (unpaired) electrons. The molecule has 1 aliphatic heterocycles. The Bertz CT molecular complexity index is 950. The molecule has 2 amide bonds. The first-order valence-corrected chi connectivity index (χ1v) is 8.12. The molecule has 8 nitrogen and oxygen atoms in total. The molecule has 1 aromatic heterocycles. The Balaban J connectivity index is 2.09. The summed E-state index contributed by atoms with van der Waals surface area (Å²) in [5.74, 6) is -1.91. The van der Waals surface area contributed by atoms with Crippen molar-refractivity contribution in [3.8, 4) is 11.8 Å². The fourth-order valence-corrected chi connectivity index (χ4v) is 3.04. The smallest absolute Gasteiger partial charge is 0.296 e. The fraction of sp³-hybridized carbons (Fsp3) is 0.158. The molecule has 8 heteroatoms. The first-order chi connectivity index (χ1) is 13.0. The van der Waals surface area contributed by atoms with Crippen molar-refractivity contribution in [1.82, 2.24) is 5.32 Å². The van der Waals surface area contributed by atoms with Crippen LogP contribution < -0.4 is 20.4 Å². The molecule has 1 aromatic carbocycles. The topological polar surface area (TPSA) is 129 Å². The molecule has 1 aliphatic rings. The van der Waals surface area contributed by atoms with Gasteiger partial charge in [-0.05, 0) is 17.7 Å². The molecule has 2 heterocycles. The molecule has 0 saturated carbocycles. The van der Waals surface area contributed by atoms with Crippen LogP contribution in [0.2, 0.25) is 0 Å². The second-order valence-corrected chi connectivity index (χ2v) is 5.94. The standard InChI is InChI=1S/C19H16N4O4/c20-10-14-16(12-5-4-6-13(9-12)27-11-15(21)24)17(19(26)22-18(14)25)23-7-2-1-3-8-23/h1-9,16-17H,11H2,(H3-,21,22,24,25,26)/p+1/t16-,17+/m0/s1. The van der Waals surface area contributed by atoms with E-state index in [1.54, 1.807) is 53.4 Å². The van der Waals surface area contributed by atoms with Gasteiger partial charge in [0.1, 0.15) is 17.4 Å². The van der Waals surface area contributed by atoms with E-state index in [1.807, 2.05) is 12.1 Å². The summed E-state index contributed by atoms with van der Waals surface area (Å²) in [4.78, 5) is 23.6. The second kappa shape index (κ2) is 7.58. The van der Waals surface area contributed by atoms with Crippen LogP contribution in [-0.4, -0.2) is 23.5 Å². The molecular formula is C19H17N4O4+. The van der Waals surface area contributed by atoms with Crippen LogP contribution >= 0.6 is 0 Å².